The molecule has 0 heterocycles. The summed E-state index contributed by atoms with van der Waals surface area (Å²) in [5, 5.41) is 5.69. The number of benzene rings is 2. The van der Waals surface area contributed by atoms with Gasteiger partial charge in [0.15, 0.2) is 11.5 Å². The second-order valence-corrected chi connectivity index (χ2v) is 6.86. The SMILES string of the molecule is COc1cc(C(=O)Nc2ccc(C(=O)NCCCN(C)C)cc2)cc(OC)c1OC. The largest absolute Gasteiger partial charge is 0.493 e. The van der Waals surface area contributed by atoms with E-state index in [1.54, 1.807) is 36.4 Å². The molecule has 0 aliphatic carbocycles. The van der Waals surface area contributed by atoms with Crippen LogP contribution >= 0.6 is 0 Å². The van der Waals surface area contributed by atoms with E-state index >= 15 is 0 Å². The van der Waals surface area contributed by atoms with Gasteiger partial charge in [-0.05, 0) is 63.5 Å². The molecule has 8 nitrogen and oxygen atoms in total. The lowest BCUT2D eigenvalue weighted by molar-refractivity contribution is 0.0951. The Balaban J connectivity index is 2.03. The van der Waals surface area contributed by atoms with E-state index in [1.165, 1.54) is 21.3 Å². The predicted molar refractivity (Wildman–Crippen MR) is 116 cm³/mol. The number of methoxy groups -OCH3 is 3. The van der Waals surface area contributed by atoms with Crippen molar-refractivity contribution in [3.05, 3.63) is 47.5 Å². The molecule has 0 aliphatic heterocycles. The van der Waals surface area contributed by atoms with E-state index in [0.29, 0.717) is 40.6 Å². The van der Waals surface area contributed by atoms with Gasteiger partial charge in [0.25, 0.3) is 11.8 Å². The Kier molecular flexibility index (Phi) is 8.49. The molecular weight excluding hydrogens is 386 g/mol. The summed E-state index contributed by atoms with van der Waals surface area (Å²) < 4.78 is 15.8. The van der Waals surface area contributed by atoms with Crippen LogP contribution in [0.2, 0.25) is 0 Å². The highest BCUT2D eigenvalue weighted by Crippen LogP contribution is 2.38. The van der Waals surface area contributed by atoms with Crippen molar-refractivity contribution in [3.8, 4) is 17.2 Å². The highest BCUT2D eigenvalue weighted by Gasteiger charge is 2.17. The first-order chi connectivity index (χ1) is 14.4. The molecule has 0 aromatic heterocycles. The van der Waals surface area contributed by atoms with Crippen LogP contribution in [0.4, 0.5) is 5.69 Å². The van der Waals surface area contributed by atoms with Gasteiger partial charge in [-0.1, -0.05) is 0 Å². The van der Waals surface area contributed by atoms with Gasteiger partial charge in [-0.2, -0.15) is 0 Å². The van der Waals surface area contributed by atoms with Crippen molar-refractivity contribution in [1.82, 2.24) is 10.2 Å². The molecule has 162 valence electrons. The lowest BCUT2D eigenvalue weighted by Gasteiger charge is -2.14. The van der Waals surface area contributed by atoms with Crippen LogP contribution < -0.4 is 24.8 Å². The molecule has 30 heavy (non-hydrogen) atoms. The van der Waals surface area contributed by atoms with Crippen LogP contribution in [0, 0.1) is 0 Å². The van der Waals surface area contributed by atoms with Crippen molar-refractivity contribution in [3.63, 3.8) is 0 Å². The maximum absolute atomic E-state index is 12.7. The summed E-state index contributed by atoms with van der Waals surface area (Å²) in [5.74, 6) is 0.718. The fourth-order valence-electron chi connectivity index (χ4n) is 2.82. The Bertz CT molecular complexity index is 841. The van der Waals surface area contributed by atoms with Gasteiger partial charge >= 0.3 is 0 Å². The maximum Gasteiger partial charge on any atom is 0.255 e. The third kappa shape index (κ3) is 6.12. The molecular formula is C22H29N3O5. The van der Waals surface area contributed by atoms with Crippen LogP contribution in [0.1, 0.15) is 27.1 Å². The minimum Gasteiger partial charge on any atom is -0.493 e. The summed E-state index contributed by atoms with van der Waals surface area (Å²) in [7, 11) is 8.46. The van der Waals surface area contributed by atoms with Crippen molar-refractivity contribution in [2.24, 2.45) is 0 Å². The van der Waals surface area contributed by atoms with E-state index in [2.05, 4.69) is 15.5 Å². The van der Waals surface area contributed by atoms with E-state index in [0.717, 1.165) is 13.0 Å². The number of rotatable bonds is 10. The van der Waals surface area contributed by atoms with Crippen LogP contribution in [0.5, 0.6) is 17.2 Å². The summed E-state index contributed by atoms with van der Waals surface area (Å²) in [4.78, 5) is 26.9. The molecule has 0 aliphatic rings. The summed E-state index contributed by atoms with van der Waals surface area (Å²) in [6, 6.07) is 9.87. The molecule has 2 aromatic carbocycles. The second-order valence-electron chi connectivity index (χ2n) is 6.86. The number of ether oxygens (including phenoxy) is 3. The van der Waals surface area contributed by atoms with Crippen LogP contribution in [0.3, 0.4) is 0 Å². The van der Waals surface area contributed by atoms with Crippen molar-refractivity contribution < 1.29 is 23.8 Å². The molecule has 8 heteroatoms. The van der Waals surface area contributed by atoms with Gasteiger partial charge in [0, 0.05) is 23.4 Å². The van der Waals surface area contributed by atoms with Gasteiger partial charge in [-0.25, -0.2) is 0 Å². The highest BCUT2D eigenvalue weighted by molar-refractivity contribution is 6.05. The zero-order chi connectivity index (χ0) is 22.1. The van der Waals surface area contributed by atoms with Crippen molar-refractivity contribution in [2.45, 2.75) is 6.42 Å². The Morgan fingerprint density at radius 3 is 1.97 bits per heavy atom. The summed E-state index contributed by atoms with van der Waals surface area (Å²) >= 11 is 0. The van der Waals surface area contributed by atoms with Gasteiger partial charge < -0.3 is 29.7 Å². The number of carbonyl (C=O) groups is 2. The molecule has 0 spiro atoms. The van der Waals surface area contributed by atoms with Crippen molar-refractivity contribution >= 4 is 17.5 Å². The third-order valence-electron chi connectivity index (χ3n) is 4.40. The lowest BCUT2D eigenvalue weighted by atomic mass is 10.1. The van der Waals surface area contributed by atoms with E-state index in [9.17, 15) is 9.59 Å². The molecule has 0 saturated heterocycles. The smallest absolute Gasteiger partial charge is 0.255 e. The summed E-state index contributed by atoms with van der Waals surface area (Å²) in [6.07, 6.45) is 0.877. The molecule has 0 radical (unpaired) electrons. The second kappa shape index (κ2) is 11.1. The van der Waals surface area contributed by atoms with Crippen molar-refractivity contribution in [2.75, 3.05) is 53.8 Å². The Morgan fingerprint density at radius 2 is 1.47 bits per heavy atom. The van der Waals surface area contributed by atoms with E-state index in [-0.39, 0.29) is 11.8 Å². The number of anilines is 1. The number of carbonyl (C=O) groups excluding carboxylic acids is 2. The number of hydrogen-bond donors (Lipinski definition) is 2. The molecule has 2 rings (SSSR count). The molecule has 0 atom stereocenters. The van der Waals surface area contributed by atoms with Gasteiger partial charge in [-0.15, -0.1) is 0 Å². The third-order valence-corrected chi connectivity index (χ3v) is 4.40. The molecule has 2 N–H and O–H groups in total. The Labute approximate surface area is 177 Å². The van der Waals surface area contributed by atoms with Crippen molar-refractivity contribution in [1.29, 1.82) is 0 Å². The molecule has 2 amide bonds. The summed E-state index contributed by atoms with van der Waals surface area (Å²) in [6.45, 7) is 1.52. The normalized spacial score (nSPS) is 10.5. The Hall–Kier alpha value is -3.26. The number of amides is 2. The maximum atomic E-state index is 12.7. The number of hydrogen-bond acceptors (Lipinski definition) is 6. The Morgan fingerprint density at radius 1 is 0.867 bits per heavy atom. The van der Waals surface area contributed by atoms with Gasteiger partial charge in [0.05, 0.1) is 21.3 Å². The molecule has 0 saturated carbocycles. The van der Waals surface area contributed by atoms with E-state index < -0.39 is 0 Å². The van der Waals surface area contributed by atoms with Gasteiger partial charge in [-0.3, -0.25) is 9.59 Å². The molecule has 0 fully saturated rings. The number of nitrogens with zero attached hydrogens (tertiary/aromatic N) is 1. The topological polar surface area (TPSA) is 89.1 Å². The van der Waals surface area contributed by atoms with Gasteiger partial charge in [0.1, 0.15) is 0 Å². The monoisotopic (exact) mass is 415 g/mol. The quantitative estimate of drug-likeness (QED) is 0.580. The molecule has 2 aromatic rings. The fourth-order valence-corrected chi connectivity index (χ4v) is 2.82. The lowest BCUT2D eigenvalue weighted by Crippen LogP contribution is -2.27. The average molecular weight is 415 g/mol. The van der Waals surface area contributed by atoms with Gasteiger partial charge in [0.2, 0.25) is 5.75 Å². The first-order valence-corrected chi connectivity index (χ1v) is 9.54. The zero-order valence-corrected chi connectivity index (χ0v) is 18.1. The van der Waals surface area contributed by atoms with E-state index in [1.807, 2.05) is 14.1 Å². The van der Waals surface area contributed by atoms with E-state index in [4.69, 9.17) is 14.2 Å². The van der Waals surface area contributed by atoms with Crippen LogP contribution in [-0.2, 0) is 0 Å². The van der Waals surface area contributed by atoms with Crippen LogP contribution in [-0.4, -0.2) is 65.2 Å². The zero-order valence-electron chi connectivity index (χ0n) is 18.1. The average Bonchev–Trinajstić information content (AvgIpc) is 2.75. The highest BCUT2D eigenvalue weighted by atomic mass is 16.5. The van der Waals surface area contributed by atoms with Crippen LogP contribution in [0.15, 0.2) is 36.4 Å². The predicted octanol–water partition coefficient (Wildman–Crippen LogP) is 2.65. The first-order valence-electron chi connectivity index (χ1n) is 9.54. The standard InChI is InChI=1S/C22H29N3O5/c1-25(2)12-6-11-23-21(26)15-7-9-17(10-8-15)24-22(27)16-13-18(28-3)20(30-5)19(14-16)29-4/h7-10,13-14H,6,11-12H2,1-5H3,(H,23,26)(H,24,27). The first kappa shape index (κ1) is 23.0. The minimum absolute atomic E-state index is 0.142. The number of nitrogens with one attached hydrogen (secondary N) is 2. The molecule has 0 bridgehead atoms. The van der Waals surface area contributed by atoms with Crippen LogP contribution in [0.25, 0.3) is 0 Å². The fraction of sp³-hybridized carbons (Fsp3) is 0.364. The minimum atomic E-state index is -0.338. The summed E-state index contributed by atoms with van der Waals surface area (Å²) in [5.41, 5.74) is 1.45. The molecule has 0 unspecified atom stereocenters.